The molecule has 212 valence electrons. The van der Waals surface area contributed by atoms with Gasteiger partial charge >= 0.3 is 11.9 Å². The molecule has 0 aromatic heterocycles. The largest absolute Gasteiger partial charge is 0.494 e. The summed E-state index contributed by atoms with van der Waals surface area (Å²) in [6, 6.07) is 23.4. The van der Waals surface area contributed by atoms with Crippen LogP contribution < -0.4 is 9.47 Å². The molecule has 0 aliphatic rings. The van der Waals surface area contributed by atoms with Gasteiger partial charge in [-0.15, -0.1) is 0 Å². The fourth-order valence-electron chi connectivity index (χ4n) is 4.34. The minimum atomic E-state index is -0.403. The van der Waals surface area contributed by atoms with Crippen molar-refractivity contribution in [1.82, 2.24) is 0 Å². The second-order valence-electron chi connectivity index (χ2n) is 9.93. The van der Waals surface area contributed by atoms with Gasteiger partial charge in [0.1, 0.15) is 11.5 Å². The lowest BCUT2D eigenvalue weighted by molar-refractivity contribution is -0.137. The molecule has 0 radical (unpaired) electrons. The van der Waals surface area contributed by atoms with Crippen molar-refractivity contribution >= 4 is 11.9 Å². The number of ether oxygens (including phenoxy) is 3. The van der Waals surface area contributed by atoms with Crippen molar-refractivity contribution in [3.8, 4) is 22.6 Å². The Balaban J connectivity index is 1.37. The zero-order valence-electron chi connectivity index (χ0n) is 23.7. The van der Waals surface area contributed by atoms with Crippen LogP contribution in [0.5, 0.6) is 11.5 Å². The Morgan fingerprint density at radius 2 is 1.25 bits per heavy atom. The molecule has 0 N–H and O–H groups in total. The lowest BCUT2D eigenvalue weighted by Crippen LogP contribution is -2.08. The van der Waals surface area contributed by atoms with Crippen molar-refractivity contribution in [3.05, 3.63) is 96.6 Å². The van der Waals surface area contributed by atoms with E-state index < -0.39 is 5.97 Å². The number of unbranched alkanes of at least 4 members (excludes halogenated alkanes) is 7. The van der Waals surface area contributed by atoms with Crippen molar-refractivity contribution < 1.29 is 23.8 Å². The van der Waals surface area contributed by atoms with E-state index in [1.54, 1.807) is 24.3 Å². The highest BCUT2D eigenvalue weighted by Gasteiger charge is 2.09. The van der Waals surface area contributed by atoms with Crippen molar-refractivity contribution in [2.24, 2.45) is 0 Å². The average Bonchev–Trinajstić information content (AvgIpc) is 2.99. The highest BCUT2D eigenvalue weighted by Crippen LogP contribution is 2.24. The summed E-state index contributed by atoms with van der Waals surface area (Å²) in [5.74, 6) is 0.438. The molecule has 0 amide bonds. The Kier molecular flexibility index (Phi) is 13.6. The summed E-state index contributed by atoms with van der Waals surface area (Å²) in [7, 11) is 0. The lowest BCUT2D eigenvalue weighted by atomic mass is 10.0. The van der Waals surface area contributed by atoms with Crippen LogP contribution in [0.2, 0.25) is 0 Å². The zero-order valence-corrected chi connectivity index (χ0v) is 23.7. The molecule has 0 aliphatic heterocycles. The molecule has 0 fully saturated rings. The zero-order chi connectivity index (χ0) is 28.4. The van der Waals surface area contributed by atoms with Crippen LogP contribution in [0.3, 0.4) is 0 Å². The molecule has 0 heterocycles. The Hall–Kier alpha value is -3.86. The molecule has 0 atom stereocenters. The number of carbonyl (C=O) groups is 2. The number of aryl methyl sites for hydroxylation is 1. The molecule has 5 heteroatoms. The van der Waals surface area contributed by atoms with E-state index in [1.165, 1.54) is 43.7 Å². The second-order valence-corrected chi connectivity index (χ2v) is 9.93. The molecule has 0 unspecified atom stereocenters. The molecular formula is C35H42O5. The first-order valence-electron chi connectivity index (χ1n) is 14.5. The molecular weight excluding hydrogens is 500 g/mol. The molecule has 3 aromatic rings. The topological polar surface area (TPSA) is 61.8 Å². The van der Waals surface area contributed by atoms with E-state index in [1.807, 2.05) is 24.3 Å². The number of benzene rings is 3. The lowest BCUT2D eigenvalue weighted by Gasteiger charge is -2.09. The van der Waals surface area contributed by atoms with E-state index in [2.05, 4.69) is 37.8 Å². The van der Waals surface area contributed by atoms with Gasteiger partial charge in [0.25, 0.3) is 0 Å². The SMILES string of the molecule is C=CC(=O)OCCCCCCOc1ccc(C(=O)Oc2ccc(-c3ccc(CCCCCCC)cc3)cc2)cc1. The third kappa shape index (κ3) is 11.1. The number of esters is 2. The first-order chi connectivity index (χ1) is 19.6. The van der Waals surface area contributed by atoms with Gasteiger partial charge in [-0.2, -0.15) is 0 Å². The predicted octanol–water partition coefficient (Wildman–Crippen LogP) is 8.75. The Morgan fingerprint density at radius 1 is 0.675 bits per heavy atom. The smallest absolute Gasteiger partial charge is 0.343 e. The minimum Gasteiger partial charge on any atom is -0.494 e. The van der Waals surface area contributed by atoms with E-state index in [9.17, 15) is 9.59 Å². The predicted molar refractivity (Wildman–Crippen MR) is 161 cm³/mol. The van der Waals surface area contributed by atoms with Crippen molar-refractivity contribution in [2.75, 3.05) is 13.2 Å². The molecule has 0 spiro atoms. The highest BCUT2D eigenvalue weighted by molar-refractivity contribution is 5.91. The van der Waals surface area contributed by atoms with Crippen LogP contribution >= 0.6 is 0 Å². The number of rotatable bonds is 18. The van der Waals surface area contributed by atoms with E-state index in [4.69, 9.17) is 14.2 Å². The van der Waals surface area contributed by atoms with E-state index >= 15 is 0 Å². The maximum Gasteiger partial charge on any atom is 0.343 e. The highest BCUT2D eigenvalue weighted by atomic mass is 16.5. The molecule has 0 saturated heterocycles. The normalized spacial score (nSPS) is 10.6. The van der Waals surface area contributed by atoms with E-state index in [-0.39, 0.29) is 5.97 Å². The summed E-state index contributed by atoms with van der Waals surface area (Å²) in [5.41, 5.74) is 4.09. The van der Waals surface area contributed by atoms with Gasteiger partial charge in [0, 0.05) is 6.08 Å². The number of hydrogen-bond donors (Lipinski definition) is 0. The summed E-state index contributed by atoms with van der Waals surface area (Å²) in [4.78, 5) is 23.6. The standard InChI is InChI=1S/C35H42O5/c1-3-5-6-7-10-13-28-14-16-29(17-15-28)30-18-24-33(25-19-30)40-35(37)31-20-22-32(23-21-31)38-26-11-8-9-12-27-39-34(36)4-2/h4,14-25H,2-3,5-13,26-27H2,1H3. The first kappa shape index (κ1) is 30.7. The molecule has 0 saturated carbocycles. The molecule has 5 nitrogen and oxygen atoms in total. The van der Waals surface area contributed by atoms with Gasteiger partial charge in [-0.05, 0) is 91.6 Å². The summed E-state index contributed by atoms with van der Waals surface area (Å²) in [5, 5.41) is 0. The van der Waals surface area contributed by atoms with Gasteiger partial charge in [0.05, 0.1) is 18.8 Å². The van der Waals surface area contributed by atoms with Gasteiger partial charge in [-0.3, -0.25) is 0 Å². The van der Waals surface area contributed by atoms with Gasteiger partial charge in [0.2, 0.25) is 0 Å². The maximum atomic E-state index is 12.6. The molecule has 0 aliphatic carbocycles. The Labute approximate surface area is 239 Å². The summed E-state index contributed by atoms with van der Waals surface area (Å²) < 4.78 is 16.3. The molecule has 40 heavy (non-hydrogen) atoms. The summed E-state index contributed by atoms with van der Waals surface area (Å²) in [6.45, 7) is 6.62. The number of hydrogen-bond acceptors (Lipinski definition) is 5. The minimum absolute atomic E-state index is 0.381. The van der Waals surface area contributed by atoms with Crippen LogP contribution in [0, 0.1) is 0 Å². The van der Waals surface area contributed by atoms with Crippen LogP contribution in [0.1, 0.15) is 80.6 Å². The number of carbonyl (C=O) groups excluding carboxylic acids is 2. The van der Waals surface area contributed by atoms with Gasteiger partial charge in [0.15, 0.2) is 0 Å². The first-order valence-corrected chi connectivity index (χ1v) is 14.5. The van der Waals surface area contributed by atoms with Crippen LogP contribution in [0.25, 0.3) is 11.1 Å². The van der Waals surface area contributed by atoms with E-state index in [0.717, 1.165) is 43.2 Å². The molecule has 0 bridgehead atoms. The maximum absolute atomic E-state index is 12.6. The average molecular weight is 543 g/mol. The fourth-order valence-corrected chi connectivity index (χ4v) is 4.34. The second kappa shape index (κ2) is 17.7. The van der Waals surface area contributed by atoms with Crippen molar-refractivity contribution in [3.63, 3.8) is 0 Å². The fraction of sp³-hybridized carbons (Fsp3) is 0.371. The summed E-state index contributed by atoms with van der Waals surface area (Å²) >= 11 is 0. The van der Waals surface area contributed by atoms with Crippen LogP contribution in [0.15, 0.2) is 85.5 Å². The van der Waals surface area contributed by atoms with Crippen LogP contribution in [-0.2, 0) is 16.0 Å². The summed E-state index contributed by atoms with van der Waals surface area (Å²) in [6.07, 6.45) is 12.5. The van der Waals surface area contributed by atoms with Gasteiger partial charge in [-0.1, -0.05) is 75.6 Å². The molecule has 3 aromatic carbocycles. The quantitative estimate of drug-likeness (QED) is 0.0696. The van der Waals surface area contributed by atoms with Crippen molar-refractivity contribution in [1.29, 1.82) is 0 Å². The monoisotopic (exact) mass is 542 g/mol. The van der Waals surface area contributed by atoms with Crippen LogP contribution in [0.4, 0.5) is 0 Å². The third-order valence-corrected chi connectivity index (χ3v) is 6.73. The van der Waals surface area contributed by atoms with Gasteiger partial charge in [-0.25, -0.2) is 9.59 Å². The molecule has 3 rings (SSSR count). The van der Waals surface area contributed by atoms with E-state index in [0.29, 0.717) is 30.3 Å². The van der Waals surface area contributed by atoms with Gasteiger partial charge < -0.3 is 14.2 Å². The Bertz CT molecular complexity index is 1160. The van der Waals surface area contributed by atoms with Crippen molar-refractivity contribution in [2.45, 2.75) is 71.1 Å². The third-order valence-electron chi connectivity index (χ3n) is 6.73. The van der Waals surface area contributed by atoms with Crippen LogP contribution in [-0.4, -0.2) is 25.2 Å². The Morgan fingerprint density at radius 3 is 1.90 bits per heavy atom.